The van der Waals surface area contributed by atoms with Gasteiger partial charge in [0.05, 0.1) is 16.4 Å². The number of benzene rings is 1. The van der Waals surface area contributed by atoms with Crippen molar-refractivity contribution in [1.82, 2.24) is 9.80 Å². The first-order valence-electron chi connectivity index (χ1n) is 7.97. The molecule has 2 fully saturated rings. The molecule has 2 heterocycles. The van der Waals surface area contributed by atoms with Crippen molar-refractivity contribution in [2.75, 3.05) is 25.6 Å². The van der Waals surface area contributed by atoms with Gasteiger partial charge in [0.25, 0.3) is 11.8 Å². The molecule has 1 aromatic rings. The number of thioether (sulfide) groups is 1. The number of nitrogens with zero attached hydrogens (tertiary/aromatic N) is 2. The van der Waals surface area contributed by atoms with Crippen LogP contribution < -0.4 is 0 Å². The Balaban J connectivity index is 1.72. The molecule has 0 N–H and O–H groups in total. The van der Waals surface area contributed by atoms with Crippen LogP contribution in [0.25, 0.3) is 6.08 Å². The fourth-order valence-electron chi connectivity index (χ4n) is 2.87. The first kappa shape index (κ1) is 19.1. The Bertz CT molecular complexity index is 906. The zero-order valence-corrected chi connectivity index (χ0v) is 16.8. The van der Waals surface area contributed by atoms with E-state index in [9.17, 15) is 18.0 Å². The van der Waals surface area contributed by atoms with Gasteiger partial charge in [-0.05, 0) is 30.2 Å². The summed E-state index contributed by atoms with van der Waals surface area (Å²) in [6.07, 6.45) is 2.21. The van der Waals surface area contributed by atoms with Crippen LogP contribution in [0, 0.1) is 0 Å². The minimum Gasteiger partial charge on any atom is -0.338 e. The van der Waals surface area contributed by atoms with Crippen molar-refractivity contribution >= 4 is 56.0 Å². The molecule has 2 amide bonds. The van der Waals surface area contributed by atoms with Crippen LogP contribution in [0.1, 0.15) is 22.3 Å². The summed E-state index contributed by atoms with van der Waals surface area (Å²) in [6, 6.07) is 6.60. The van der Waals surface area contributed by atoms with Crippen LogP contribution in [0.4, 0.5) is 0 Å². The molecule has 0 spiro atoms. The van der Waals surface area contributed by atoms with Gasteiger partial charge in [-0.1, -0.05) is 36.1 Å². The summed E-state index contributed by atoms with van der Waals surface area (Å²) in [7, 11) is 0.231. The van der Waals surface area contributed by atoms with Gasteiger partial charge in [0, 0.05) is 25.7 Å². The summed E-state index contributed by atoms with van der Waals surface area (Å²) in [5.74, 6) is -0.198. The summed E-state index contributed by atoms with van der Waals surface area (Å²) in [5.41, 5.74) is 1.28. The lowest BCUT2D eigenvalue weighted by Gasteiger charge is -2.23. The van der Waals surface area contributed by atoms with Crippen LogP contribution in [0.5, 0.6) is 0 Å². The molecule has 0 bridgehead atoms. The molecule has 138 valence electrons. The zero-order chi connectivity index (χ0) is 19.1. The number of sulfone groups is 1. The second-order valence-corrected chi connectivity index (χ2v) is 10.2. The maximum Gasteiger partial charge on any atom is 0.265 e. The normalized spacial score (nSPS) is 23.7. The van der Waals surface area contributed by atoms with Crippen molar-refractivity contribution < 1.29 is 18.0 Å². The maximum atomic E-state index is 12.6. The van der Waals surface area contributed by atoms with Crippen molar-refractivity contribution in [3.63, 3.8) is 0 Å². The first-order valence-corrected chi connectivity index (χ1v) is 11.0. The highest BCUT2D eigenvalue weighted by molar-refractivity contribution is 8.26. The van der Waals surface area contributed by atoms with E-state index in [0.717, 1.165) is 5.56 Å². The Morgan fingerprint density at radius 2 is 2.00 bits per heavy atom. The van der Waals surface area contributed by atoms with Gasteiger partial charge in [0.2, 0.25) is 0 Å². The van der Waals surface area contributed by atoms with E-state index < -0.39 is 9.84 Å². The molecule has 1 aromatic carbocycles. The molecule has 2 aliphatic heterocycles. The number of carbonyl (C=O) groups excluding carboxylic acids is 2. The smallest absolute Gasteiger partial charge is 0.265 e. The van der Waals surface area contributed by atoms with E-state index in [1.807, 2.05) is 0 Å². The van der Waals surface area contributed by atoms with E-state index in [2.05, 4.69) is 0 Å². The maximum absolute atomic E-state index is 12.6. The number of carbonyl (C=O) groups is 2. The van der Waals surface area contributed by atoms with Crippen LogP contribution in [-0.2, 0) is 14.6 Å². The number of thiocarbonyl (C=S) groups is 1. The molecule has 0 aromatic heterocycles. The lowest BCUT2D eigenvalue weighted by Crippen LogP contribution is -2.37. The molecule has 2 aliphatic rings. The zero-order valence-electron chi connectivity index (χ0n) is 14.3. The van der Waals surface area contributed by atoms with Crippen molar-refractivity contribution in [2.24, 2.45) is 0 Å². The molecule has 3 rings (SSSR count). The average Bonchev–Trinajstić information content (AvgIpc) is 3.09. The lowest BCUT2D eigenvalue weighted by molar-refractivity contribution is -0.121. The predicted molar refractivity (Wildman–Crippen MR) is 107 cm³/mol. The van der Waals surface area contributed by atoms with E-state index in [1.54, 1.807) is 44.4 Å². The van der Waals surface area contributed by atoms with Gasteiger partial charge in [-0.2, -0.15) is 0 Å². The van der Waals surface area contributed by atoms with Crippen LogP contribution >= 0.6 is 24.0 Å². The Hall–Kier alpha value is -1.71. The second kappa shape index (κ2) is 7.13. The standard InChI is InChI=1S/C17H18N2O4S3/c1-18(13-7-8-26(22,23)10-13)15(20)12-5-3-11(4-6-12)9-14-16(21)19(2)17(24)25-14/h3-6,9,13H,7-8,10H2,1-2H3/b14-9+/t13-/m0/s1. The highest BCUT2D eigenvalue weighted by atomic mass is 32.2. The molecule has 0 saturated carbocycles. The molecular weight excluding hydrogens is 392 g/mol. The number of hydrogen-bond donors (Lipinski definition) is 0. The van der Waals surface area contributed by atoms with Gasteiger partial charge in [0.15, 0.2) is 9.84 Å². The lowest BCUT2D eigenvalue weighted by atomic mass is 10.1. The Kier molecular flexibility index (Phi) is 5.23. The second-order valence-electron chi connectivity index (χ2n) is 6.34. The summed E-state index contributed by atoms with van der Waals surface area (Å²) in [4.78, 5) is 28.1. The molecule has 26 heavy (non-hydrogen) atoms. The average molecular weight is 411 g/mol. The highest BCUT2D eigenvalue weighted by Crippen LogP contribution is 2.31. The van der Waals surface area contributed by atoms with Gasteiger partial charge in [-0.3, -0.25) is 14.5 Å². The van der Waals surface area contributed by atoms with E-state index in [0.29, 0.717) is 21.2 Å². The predicted octanol–water partition coefficient (Wildman–Crippen LogP) is 1.78. The van der Waals surface area contributed by atoms with Crippen molar-refractivity contribution in [1.29, 1.82) is 0 Å². The summed E-state index contributed by atoms with van der Waals surface area (Å²) in [5, 5.41) is 0. The van der Waals surface area contributed by atoms with Crippen LogP contribution in [-0.4, -0.2) is 66.0 Å². The van der Waals surface area contributed by atoms with Gasteiger partial charge < -0.3 is 4.90 Å². The molecule has 2 saturated heterocycles. The number of rotatable bonds is 3. The largest absolute Gasteiger partial charge is 0.338 e. The third-order valence-corrected chi connectivity index (χ3v) is 7.75. The fourth-order valence-corrected chi connectivity index (χ4v) is 5.82. The Morgan fingerprint density at radius 3 is 2.50 bits per heavy atom. The van der Waals surface area contributed by atoms with E-state index in [4.69, 9.17) is 12.2 Å². The summed E-state index contributed by atoms with van der Waals surface area (Å²) >= 11 is 6.34. The van der Waals surface area contributed by atoms with Crippen LogP contribution in [0.2, 0.25) is 0 Å². The van der Waals surface area contributed by atoms with E-state index in [-0.39, 0.29) is 29.4 Å². The third-order valence-electron chi connectivity index (χ3n) is 4.52. The number of hydrogen-bond acceptors (Lipinski definition) is 6. The van der Waals surface area contributed by atoms with Gasteiger partial charge in [0.1, 0.15) is 4.32 Å². The van der Waals surface area contributed by atoms with E-state index >= 15 is 0 Å². The first-order chi connectivity index (χ1) is 12.2. The SMILES string of the molecule is CN1C(=O)/C(=C\c2ccc(C(=O)N(C)[C@H]3CCS(=O)(=O)C3)cc2)SC1=S. The van der Waals surface area contributed by atoms with Crippen molar-refractivity contribution in [3.05, 3.63) is 40.3 Å². The highest BCUT2D eigenvalue weighted by Gasteiger charge is 2.33. The molecule has 0 aliphatic carbocycles. The Morgan fingerprint density at radius 1 is 1.35 bits per heavy atom. The van der Waals surface area contributed by atoms with Crippen LogP contribution in [0.3, 0.4) is 0 Å². The number of amides is 2. The molecule has 6 nitrogen and oxygen atoms in total. The fraction of sp³-hybridized carbons (Fsp3) is 0.353. The van der Waals surface area contributed by atoms with Crippen molar-refractivity contribution in [2.45, 2.75) is 12.5 Å². The number of likely N-dealkylation sites (N-methyl/N-ethyl adjacent to an activating group) is 1. The summed E-state index contributed by atoms with van der Waals surface area (Å²) in [6.45, 7) is 0. The minimum atomic E-state index is -3.04. The van der Waals surface area contributed by atoms with Gasteiger partial charge in [-0.15, -0.1) is 0 Å². The molecular formula is C17H18N2O4S3. The molecule has 1 atom stereocenters. The minimum absolute atomic E-state index is 0.0200. The van der Waals surface area contributed by atoms with Crippen molar-refractivity contribution in [3.8, 4) is 0 Å². The van der Waals surface area contributed by atoms with E-state index in [1.165, 1.54) is 21.6 Å². The monoisotopic (exact) mass is 410 g/mol. The van der Waals surface area contributed by atoms with Gasteiger partial charge >= 0.3 is 0 Å². The Labute approximate surface area is 162 Å². The molecule has 0 unspecified atom stereocenters. The molecule has 9 heteroatoms. The van der Waals surface area contributed by atoms with Crippen LogP contribution in [0.15, 0.2) is 29.2 Å². The quantitative estimate of drug-likeness (QED) is 0.559. The third kappa shape index (κ3) is 3.84. The van der Waals surface area contributed by atoms with Gasteiger partial charge in [-0.25, -0.2) is 8.42 Å². The molecule has 0 radical (unpaired) electrons. The summed E-state index contributed by atoms with van der Waals surface area (Å²) < 4.78 is 23.7. The topological polar surface area (TPSA) is 74.8 Å².